The van der Waals surface area contributed by atoms with Gasteiger partial charge in [-0.1, -0.05) is 138 Å². The summed E-state index contributed by atoms with van der Waals surface area (Å²) in [6, 6.07) is 54.2. The van der Waals surface area contributed by atoms with Crippen LogP contribution in [-0.4, -0.2) is 6.85 Å². The molecule has 0 atom stereocenters. The summed E-state index contributed by atoms with van der Waals surface area (Å²) < 4.78 is 9.90. The first-order valence-corrected chi connectivity index (χ1v) is 20.5. The highest BCUT2D eigenvalue weighted by atomic mass is 32.1. The monoisotopic (exact) mass is 738 g/mol. The highest BCUT2D eigenvalue weighted by Gasteiger charge is 2.53. The molecule has 0 aliphatic carbocycles. The largest absolute Gasteiger partial charge is 0.466 e. The van der Waals surface area contributed by atoms with Crippen LogP contribution in [0.3, 0.4) is 0 Å². The van der Waals surface area contributed by atoms with Gasteiger partial charge in [-0.25, -0.2) is 0 Å². The average molecular weight is 739 g/mol. The van der Waals surface area contributed by atoms with Gasteiger partial charge in [-0.3, -0.25) is 0 Å². The number of fused-ring (bicyclic) bond motifs is 12. The van der Waals surface area contributed by atoms with Gasteiger partial charge >= 0.3 is 6.85 Å². The second-order valence-corrected chi connectivity index (χ2v) is 18.4. The van der Waals surface area contributed by atoms with Crippen molar-refractivity contribution < 1.29 is 4.42 Å². The van der Waals surface area contributed by atoms with Gasteiger partial charge in [0.2, 0.25) is 0 Å². The number of rotatable bonds is 2. The molecule has 3 aliphatic rings. The van der Waals surface area contributed by atoms with Crippen molar-refractivity contribution in [3.8, 4) is 22.3 Å². The standard InChI is InChI=1S/C51H39BN2OS/c1-50(2,3)31-26-27-38(35(28-31)30-16-7-6-8-17-30)53-40-29-43-44(33-19-10-14-25-42(33)56-43)45-34-20-15-22-37-47(34)54(39-23-12-11-21-36(39)51(37,4)5)52(46(40)45)49-48(53)32-18-9-13-24-41(32)55-49/h6-29H,1-5H3. The average Bonchev–Trinajstić information content (AvgIpc) is 3.79. The maximum absolute atomic E-state index is 7.29. The first kappa shape index (κ1) is 32.2. The molecule has 268 valence electrons. The molecule has 3 nitrogen and oxygen atoms in total. The third-order valence-corrected chi connectivity index (χ3v) is 13.9. The minimum absolute atomic E-state index is 0.0193. The Bertz CT molecular complexity index is 3130. The lowest BCUT2D eigenvalue weighted by Gasteiger charge is -2.50. The highest BCUT2D eigenvalue weighted by molar-refractivity contribution is 7.26. The van der Waals surface area contributed by atoms with E-state index in [0.29, 0.717) is 0 Å². The van der Waals surface area contributed by atoms with Gasteiger partial charge in [0.1, 0.15) is 11.2 Å². The predicted molar refractivity (Wildman–Crippen MR) is 239 cm³/mol. The van der Waals surface area contributed by atoms with E-state index in [4.69, 9.17) is 4.42 Å². The van der Waals surface area contributed by atoms with Crippen LogP contribution in [0.25, 0.3) is 53.4 Å². The number of anilines is 5. The number of hydrogen-bond acceptors (Lipinski definition) is 4. The van der Waals surface area contributed by atoms with Crippen LogP contribution in [0, 0.1) is 0 Å². The van der Waals surface area contributed by atoms with E-state index >= 15 is 0 Å². The van der Waals surface area contributed by atoms with E-state index in [1.54, 1.807) is 0 Å². The molecule has 3 aliphatic heterocycles. The smallest absolute Gasteiger partial charge is 0.375 e. The zero-order valence-electron chi connectivity index (χ0n) is 32.1. The second kappa shape index (κ2) is 11.1. The first-order valence-electron chi connectivity index (χ1n) is 19.7. The third-order valence-electron chi connectivity index (χ3n) is 12.8. The summed E-state index contributed by atoms with van der Waals surface area (Å²) in [6.07, 6.45) is 0. The molecule has 5 heterocycles. The van der Waals surface area contributed by atoms with Crippen molar-refractivity contribution in [2.75, 3.05) is 9.71 Å². The van der Waals surface area contributed by atoms with Crippen molar-refractivity contribution >= 4 is 88.9 Å². The van der Waals surface area contributed by atoms with Gasteiger partial charge in [0.05, 0.1) is 11.4 Å². The number of benzene rings is 7. The lowest BCUT2D eigenvalue weighted by atomic mass is 9.44. The molecule has 5 heteroatoms. The maximum Gasteiger partial charge on any atom is 0.375 e. The number of nitrogens with zero attached hydrogens (tertiary/aromatic N) is 2. The summed E-state index contributed by atoms with van der Waals surface area (Å²) in [7, 11) is 0. The Balaban J connectivity index is 1.29. The van der Waals surface area contributed by atoms with Gasteiger partial charge < -0.3 is 14.1 Å². The Hall–Kier alpha value is -6.04. The molecular formula is C51H39BN2OS. The summed E-state index contributed by atoms with van der Waals surface area (Å²) in [5, 5.41) is 3.77. The lowest BCUT2D eigenvalue weighted by Crippen LogP contribution is -2.62. The van der Waals surface area contributed by atoms with E-state index in [-0.39, 0.29) is 17.7 Å². The minimum atomic E-state index is -0.194. The number of hydrogen-bond donors (Lipinski definition) is 0. The predicted octanol–water partition coefficient (Wildman–Crippen LogP) is 13.1. The fourth-order valence-electron chi connectivity index (χ4n) is 10.1. The lowest BCUT2D eigenvalue weighted by molar-refractivity contribution is 0.590. The van der Waals surface area contributed by atoms with Crippen LogP contribution in [0.15, 0.2) is 150 Å². The molecule has 0 spiro atoms. The summed E-state index contributed by atoms with van der Waals surface area (Å²) in [4.78, 5) is 5.20. The highest BCUT2D eigenvalue weighted by Crippen LogP contribution is 2.59. The van der Waals surface area contributed by atoms with E-state index in [0.717, 1.165) is 28.0 Å². The zero-order chi connectivity index (χ0) is 37.7. The summed E-state index contributed by atoms with van der Waals surface area (Å²) in [5.41, 5.74) is 18.0. The normalized spacial score (nSPS) is 14.9. The van der Waals surface area contributed by atoms with Crippen molar-refractivity contribution in [2.24, 2.45) is 0 Å². The first-order chi connectivity index (χ1) is 27.2. The van der Waals surface area contributed by atoms with E-state index < -0.39 is 0 Å². The second-order valence-electron chi connectivity index (χ2n) is 17.3. The van der Waals surface area contributed by atoms with E-state index in [9.17, 15) is 0 Å². The van der Waals surface area contributed by atoms with Gasteiger partial charge in [-0.15, -0.1) is 11.3 Å². The molecule has 0 saturated heterocycles. The molecule has 56 heavy (non-hydrogen) atoms. The SMILES string of the molecule is CC(C)(C)c1ccc(N2c3cc4sc5ccccc5c4c4c3B(c3oc5ccccc5c32)N2c3ccccc3C(C)(C)c3cccc-4c32)c(-c2ccccc2)c1. The third kappa shape index (κ3) is 4.13. The summed E-state index contributed by atoms with van der Waals surface area (Å²) in [6.45, 7) is 11.5. The Labute approximate surface area is 331 Å². The van der Waals surface area contributed by atoms with E-state index in [2.05, 4.69) is 190 Å². The van der Waals surface area contributed by atoms with Crippen LogP contribution in [-0.2, 0) is 10.8 Å². The fraction of sp³-hybridized carbons (Fsp3) is 0.137. The van der Waals surface area contributed by atoms with Crippen molar-refractivity contribution in [2.45, 2.75) is 45.4 Å². The Kier molecular flexibility index (Phi) is 6.36. The fourth-order valence-corrected chi connectivity index (χ4v) is 11.3. The molecule has 0 fully saturated rings. The van der Waals surface area contributed by atoms with Crippen LogP contribution < -0.4 is 20.8 Å². The van der Waals surface area contributed by atoms with E-state index in [1.165, 1.54) is 81.6 Å². The molecule has 2 aromatic heterocycles. The van der Waals surface area contributed by atoms with Crippen LogP contribution in [0.5, 0.6) is 0 Å². The number of para-hydroxylation sites is 3. The Morgan fingerprint density at radius 1 is 0.607 bits per heavy atom. The van der Waals surface area contributed by atoms with Crippen molar-refractivity contribution in [3.05, 3.63) is 162 Å². The quantitative estimate of drug-likeness (QED) is 0.165. The molecule has 0 unspecified atom stereocenters. The van der Waals surface area contributed by atoms with Crippen LogP contribution >= 0.6 is 11.3 Å². The molecule has 0 N–H and O–H groups in total. The molecule has 12 rings (SSSR count). The van der Waals surface area contributed by atoms with Gasteiger partial charge in [0, 0.05) is 59.2 Å². The summed E-state index contributed by atoms with van der Waals surface area (Å²) in [5.74, 6) is 0. The van der Waals surface area contributed by atoms with Gasteiger partial charge in [0.15, 0.2) is 0 Å². The molecule has 0 bridgehead atoms. The molecular weight excluding hydrogens is 699 g/mol. The van der Waals surface area contributed by atoms with Crippen molar-refractivity contribution in [1.82, 2.24) is 0 Å². The van der Waals surface area contributed by atoms with Gasteiger partial charge in [-0.2, -0.15) is 0 Å². The molecule has 0 radical (unpaired) electrons. The molecule has 0 saturated carbocycles. The maximum atomic E-state index is 7.29. The van der Waals surface area contributed by atoms with Gasteiger partial charge in [-0.05, 0) is 81.2 Å². The topological polar surface area (TPSA) is 19.6 Å². The van der Waals surface area contributed by atoms with Crippen molar-refractivity contribution in [1.29, 1.82) is 0 Å². The molecule has 0 amide bonds. The number of thiophene rings is 1. The van der Waals surface area contributed by atoms with Crippen LogP contribution in [0.1, 0.15) is 51.3 Å². The van der Waals surface area contributed by atoms with Crippen LogP contribution in [0.2, 0.25) is 0 Å². The zero-order valence-corrected chi connectivity index (χ0v) is 33.0. The van der Waals surface area contributed by atoms with Gasteiger partial charge in [0.25, 0.3) is 0 Å². The summed E-state index contributed by atoms with van der Waals surface area (Å²) >= 11 is 1.90. The molecule has 9 aromatic rings. The Morgan fingerprint density at radius 2 is 1.34 bits per heavy atom. The van der Waals surface area contributed by atoms with Crippen molar-refractivity contribution in [3.63, 3.8) is 0 Å². The minimum Gasteiger partial charge on any atom is -0.466 e. The van der Waals surface area contributed by atoms with E-state index in [1.807, 2.05) is 11.3 Å². The molecule has 7 aromatic carbocycles. The van der Waals surface area contributed by atoms with Crippen LogP contribution in [0.4, 0.5) is 28.4 Å². The Morgan fingerprint density at radius 3 is 2.18 bits per heavy atom. The number of furan rings is 1.